The number of anilines is 1. The van der Waals surface area contributed by atoms with E-state index in [4.69, 9.17) is 0 Å². The van der Waals surface area contributed by atoms with Gasteiger partial charge in [0, 0.05) is 43.5 Å². The van der Waals surface area contributed by atoms with Crippen molar-refractivity contribution in [2.75, 3.05) is 45.2 Å². The molecule has 0 saturated heterocycles. The van der Waals surface area contributed by atoms with E-state index in [2.05, 4.69) is 53.6 Å². The first-order valence-electron chi connectivity index (χ1n) is 10.1. The third kappa shape index (κ3) is 7.23. The molecule has 2 aromatic carbocycles. The van der Waals surface area contributed by atoms with Crippen LogP contribution in [-0.2, 0) is 11.3 Å². The van der Waals surface area contributed by atoms with Crippen molar-refractivity contribution < 1.29 is 14.5 Å². The van der Waals surface area contributed by atoms with Gasteiger partial charge in [0.25, 0.3) is 11.8 Å². The predicted molar refractivity (Wildman–Crippen MR) is 117 cm³/mol. The largest absolute Gasteiger partial charge is 0.370 e. The number of carbonyl (C=O) groups is 2. The molecule has 0 fully saturated rings. The summed E-state index contributed by atoms with van der Waals surface area (Å²) in [4.78, 5) is 27.2. The van der Waals surface area contributed by atoms with Gasteiger partial charge in [-0.15, -0.1) is 0 Å². The van der Waals surface area contributed by atoms with Crippen LogP contribution in [0.15, 0.2) is 48.5 Å². The van der Waals surface area contributed by atoms with Gasteiger partial charge in [0.1, 0.15) is 6.54 Å². The van der Waals surface area contributed by atoms with Crippen LogP contribution in [0.2, 0.25) is 0 Å². The summed E-state index contributed by atoms with van der Waals surface area (Å²) in [7, 11) is 3.62. The van der Waals surface area contributed by atoms with Gasteiger partial charge >= 0.3 is 0 Å². The molecule has 0 spiro atoms. The molecule has 6 nitrogen and oxygen atoms in total. The smallest absolute Gasteiger partial charge is 0.275 e. The fourth-order valence-electron chi connectivity index (χ4n) is 3.29. The Balaban J connectivity index is 1.76. The maximum Gasteiger partial charge on any atom is 0.275 e. The Morgan fingerprint density at radius 1 is 1.10 bits per heavy atom. The first-order chi connectivity index (χ1) is 13.9. The molecule has 0 aliphatic carbocycles. The molecule has 0 saturated carbocycles. The van der Waals surface area contributed by atoms with Crippen LogP contribution in [0.4, 0.5) is 5.69 Å². The number of rotatable bonds is 10. The molecule has 1 unspecified atom stereocenters. The zero-order valence-electron chi connectivity index (χ0n) is 17.9. The summed E-state index contributed by atoms with van der Waals surface area (Å²) in [5, 5.41) is 5.64. The summed E-state index contributed by atoms with van der Waals surface area (Å²) in [6.07, 6.45) is 0. The Labute approximate surface area is 173 Å². The summed E-state index contributed by atoms with van der Waals surface area (Å²) in [5.41, 5.74) is 4.16. The van der Waals surface area contributed by atoms with Crippen LogP contribution in [0, 0.1) is 6.92 Å². The highest BCUT2D eigenvalue weighted by Gasteiger charge is 2.12. The zero-order valence-corrected chi connectivity index (χ0v) is 17.9. The highest BCUT2D eigenvalue weighted by molar-refractivity contribution is 5.93. The van der Waals surface area contributed by atoms with Crippen LogP contribution in [0.1, 0.15) is 28.4 Å². The number of carbonyl (C=O) groups excluding carboxylic acids is 2. The van der Waals surface area contributed by atoms with Crippen LogP contribution in [0.5, 0.6) is 0 Å². The predicted octanol–water partition coefficient (Wildman–Crippen LogP) is 1.01. The number of hydrogen-bond donors (Lipinski definition) is 3. The van der Waals surface area contributed by atoms with E-state index in [-0.39, 0.29) is 11.8 Å². The van der Waals surface area contributed by atoms with Gasteiger partial charge in [-0.25, -0.2) is 0 Å². The van der Waals surface area contributed by atoms with Crippen LogP contribution >= 0.6 is 0 Å². The molecule has 2 rings (SSSR count). The van der Waals surface area contributed by atoms with E-state index >= 15 is 0 Å². The highest BCUT2D eigenvalue weighted by atomic mass is 16.2. The van der Waals surface area contributed by atoms with E-state index in [1.807, 2.05) is 31.3 Å². The molecule has 0 bridgehead atoms. The molecule has 6 heteroatoms. The molecule has 0 aromatic heterocycles. The first kappa shape index (κ1) is 22.4. The number of quaternary nitrogens is 1. The van der Waals surface area contributed by atoms with Gasteiger partial charge in [-0.1, -0.05) is 24.3 Å². The summed E-state index contributed by atoms with van der Waals surface area (Å²) in [6, 6.07) is 15.9. The number of nitrogens with one attached hydrogen (secondary N) is 3. The van der Waals surface area contributed by atoms with Crippen molar-refractivity contribution in [3.8, 4) is 0 Å². The second-order valence-electron chi connectivity index (χ2n) is 7.36. The Kier molecular flexibility index (Phi) is 8.68. The summed E-state index contributed by atoms with van der Waals surface area (Å²) in [5.74, 6) is -0.0480. The maximum absolute atomic E-state index is 12.3. The fourth-order valence-corrected chi connectivity index (χ4v) is 3.29. The minimum atomic E-state index is -0.0941. The molecule has 0 radical (unpaired) electrons. The van der Waals surface area contributed by atoms with Crippen LogP contribution in [-0.4, -0.2) is 52.1 Å². The Morgan fingerprint density at radius 3 is 2.45 bits per heavy atom. The van der Waals surface area contributed by atoms with Crippen molar-refractivity contribution in [3.05, 3.63) is 65.2 Å². The lowest BCUT2D eigenvalue weighted by atomic mass is 10.1. The van der Waals surface area contributed by atoms with Crippen LogP contribution in [0.25, 0.3) is 0 Å². The van der Waals surface area contributed by atoms with E-state index in [0.29, 0.717) is 18.7 Å². The van der Waals surface area contributed by atoms with E-state index in [1.54, 1.807) is 7.05 Å². The standard InChI is InChI=1S/C23H32N4O2/c1-5-27(21-8-6-7-18(2)15-21)14-13-25-22(28)17-26(4)16-19-9-11-20(12-10-19)23(29)24-3/h6-12,15H,5,13-14,16-17H2,1-4H3,(H,24,29)(H,25,28)/p+1. The molecule has 2 aromatic rings. The molecule has 2 amide bonds. The van der Waals surface area contributed by atoms with Crippen molar-refractivity contribution >= 4 is 17.5 Å². The molecule has 0 heterocycles. The molecule has 156 valence electrons. The van der Waals surface area contributed by atoms with Crippen LogP contribution in [0.3, 0.4) is 0 Å². The minimum Gasteiger partial charge on any atom is -0.370 e. The highest BCUT2D eigenvalue weighted by Crippen LogP contribution is 2.14. The fraction of sp³-hybridized carbons (Fsp3) is 0.391. The summed E-state index contributed by atoms with van der Waals surface area (Å²) >= 11 is 0. The molecular weight excluding hydrogens is 364 g/mol. The second-order valence-corrected chi connectivity index (χ2v) is 7.36. The van der Waals surface area contributed by atoms with Crippen LogP contribution < -0.4 is 20.4 Å². The number of likely N-dealkylation sites (N-methyl/N-ethyl adjacent to an activating group) is 2. The molecule has 3 N–H and O–H groups in total. The summed E-state index contributed by atoms with van der Waals surface area (Å²) < 4.78 is 0. The lowest BCUT2D eigenvalue weighted by Gasteiger charge is -2.23. The van der Waals surface area contributed by atoms with Crippen molar-refractivity contribution in [2.24, 2.45) is 0 Å². The minimum absolute atomic E-state index is 0.0461. The van der Waals surface area contributed by atoms with Crippen molar-refractivity contribution in [1.82, 2.24) is 10.6 Å². The third-order valence-electron chi connectivity index (χ3n) is 4.86. The molecule has 0 aliphatic rings. The van der Waals surface area contributed by atoms with Gasteiger partial charge in [-0.05, 0) is 43.7 Å². The van der Waals surface area contributed by atoms with Gasteiger partial charge < -0.3 is 20.4 Å². The Morgan fingerprint density at radius 2 is 1.83 bits per heavy atom. The van der Waals surface area contributed by atoms with Gasteiger partial charge in [-0.2, -0.15) is 0 Å². The summed E-state index contributed by atoms with van der Waals surface area (Å²) in [6.45, 7) is 7.65. The average Bonchev–Trinajstić information content (AvgIpc) is 2.71. The Hall–Kier alpha value is -2.86. The number of aryl methyl sites for hydroxylation is 1. The van der Waals surface area contributed by atoms with Crippen molar-refractivity contribution in [2.45, 2.75) is 20.4 Å². The molecule has 0 aliphatic heterocycles. The van der Waals surface area contributed by atoms with E-state index in [9.17, 15) is 9.59 Å². The maximum atomic E-state index is 12.3. The average molecular weight is 398 g/mol. The number of nitrogens with zero attached hydrogens (tertiary/aromatic N) is 1. The number of benzene rings is 2. The van der Waals surface area contributed by atoms with E-state index < -0.39 is 0 Å². The molecule has 29 heavy (non-hydrogen) atoms. The number of hydrogen-bond acceptors (Lipinski definition) is 3. The SMILES string of the molecule is CCN(CCNC(=O)C[NH+](C)Cc1ccc(C(=O)NC)cc1)c1cccc(C)c1. The first-order valence-corrected chi connectivity index (χ1v) is 10.1. The van der Waals surface area contributed by atoms with Gasteiger partial charge in [0.2, 0.25) is 0 Å². The van der Waals surface area contributed by atoms with Crippen molar-refractivity contribution in [3.63, 3.8) is 0 Å². The third-order valence-corrected chi connectivity index (χ3v) is 4.86. The topological polar surface area (TPSA) is 65.9 Å². The van der Waals surface area contributed by atoms with E-state index in [0.717, 1.165) is 30.1 Å². The van der Waals surface area contributed by atoms with Crippen molar-refractivity contribution in [1.29, 1.82) is 0 Å². The Bertz CT molecular complexity index is 805. The molecular formula is C23H33N4O2+. The lowest BCUT2D eigenvalue weighted by molar-refractivity contribution is -0.885. The van der Waals surface area contributed by atoms with Gasteiger partial charge in [0.15, 0.2) is 6.54 Å². The van der Waals surface area contributed by atoms with Gasteiger partial charge in [0.05, 0.1) is 7.05 Å². The zero-order chi connectivity index (χ0) is 21.2. The normalized spacial score (nSPS) is 11.6. The number of amides is 2. The molecule has 1 atom stereocenters. The van der Waals surface area contributed by atoms with E-state index in [1.165, 1.54) is 11.3 Å². The van der Waals surface area contributed by atoms with Gasteiger partial charge in [-0.3, -0.25) is 9.59 Å². The second kappa shape index (κ2) is 11.2. The monoisotopic (exact) mass is 397 g/mol. The quantitative estimate of drug-likeness (QED) is 0.561. The lowest BCUT2D eigenvalue weighted by Crippen LogP contribution is -3.08.